The molecule has 2 aromatic rings. The number of methoxy groups -OCH3 is 1. The third kappa shape index (κ3) is 5.23. The molecular formula is C17H22N4O4. The molecule has 2 unspecified atom stereocenters. The van der Waals surface area contributed by atoms with Gasteiger partial charge >= 0.3 is 12.0 Å². The molecule has 0 saturated heterocycles. The highest BCUT2D eigenvalue weighted by atomic mass is 16.5. The summed E-state index contributed by atoms with van der Waals surface area (Å²) < 4.78 is 5.09. The summed E-state index contributed by atoms with van der Waals surface area (Å²) in [6.07, 6.45) is 3.82. The number of nitrogens with zero attached hydrogens (tertiary/aromatic N) is 1. The van der Waals surface area contributed by atoms with Gasteiger partial charge in [0, 0.05) is 30.8 Å². The minimum Gasteiger partial charge on any atom is -0.497 e. The summed E-state index contributed by atoms with van der Waals surface area (Å²) >= 11 is 0. The zero-order valence-electron chi connectivity index (χ0n) is 14.2. The molecule has 0 aliphatic heterocycles. The minimum atomic E-state index is -1.09. The predicted octanol–water partition coefficient (Wildman–Crippen LogP) is 1.52. The summed E-state index contributed by atoms with van der Waals surface area (Å²) in [5, 5.41) is 14.6. The number of carboxylic acid groups (broad SMARTS) is 1. The first-order valence-electron chi connectivity index (χ1n) is 7.89. The van der Waals surface area contributed by atoms with E-state index >= 15 is 0 Å². The fourth-order valence-electron chi connectivity index (χ4n) is 2.42. The third-order valence-corrected chi connectivity index (χ3v) is 3.93. The van der Waals surface area contributed by atoms with Gasteiger partial charge in [0.2, 0.25) is 0 Å². The summed E-state index contributed by atoms with van der Waals surface area (Å²) in [5.41, 5.74) is 1.69. The number of aliphatic carboxylic acids is 1. The van der Waals surface area contributed by atoms with Crippen LogP contribution in [0.3, 0.4) is 0 Å². The van der Waals surface area contributed by atoms with E-state index in [1.165, 1.54) is 0 Å². The highest BCUT2D eigenvalue weighted by Crippen LogP contribution is 2.22. The van der Waals surface area contributed by atoms with Crippen molar-refractivity contribution in [1.82, 2.24) is 20.6 Å². The first-order chi connectivity index (χ1) is 12.0. The fourth-order valence-corrected chi connectivity index (χ4v) is 2.42. The van der Waals surface area contributed by atoms with Crippen LogP contribution in [0.25, 0.3) is 0 Å². The molecule has 25 heavy (non-hydrogen) atoms. The fraction of sp³-hybridized carbons (Fsp3) is 0.353. The summed E-state index contributed by atoms with van der Waals surface area (Å²) in [5.74, 6) is -0.805. The van der Waals surface area contributed by atoms with Gasteiger partial charge in [0.1, 0.15) is 11.8 Å². The van der Waals surface area contributed by atoms with Crippen molar-refractivity contribution in [2.75, 3.05) is 13.7 Å². The van der Waals surface area contributed by atoms with Crippen molar-refractivity contribution in [2.24, 2.45) is 0 Å². The van der Waals surface area contributed by atoms with E-state index in [-0.39, 0.29) is 0 Å². The van der Waals surface area contributed by atoms with Gasteiger partial charge in [-0.05, 0) is 17.7 Å². The number of carbonyl (C=O) groups is 2. The molecule has 0 aliphatic rings. The largest absolute Gasteiger partial charge is 0.497 e. The quantitative estimate of drug-likeness (QED) is 0.578. The summed E-state index contributed by atoms with van der Waals surface area (Å²) in [6.45, 7) is 2.13. The zero-order chi connectivity index (χ0) is 18.2. The average Bonchev–Trinajstić information content (AvgIpc) is 3.12. The van der Waals surface area contributed by atoms with Crippen LogP contribution in [0.15, 0.2) is 36.8 Å². The second-order valence-corrected chi connectivity index (χ2v) is 5.60. The molecule has 0 fully saturated rings. The van der Waals surface area contributed by atoms with Crippen molar-refractivity contribution in [1.29, 1.82) is 0 Å². The molecule has 0 aliphatic carbocycles. The summed E-state index contributed by atoms with van der Waals surface area (Å²) in [4.78, 5) is 30.4. The SMILES string of the molecule is COc1ccc(C(C)C(NC(=O)NCCc2cnc[nH]2)C(=O)O)cc1. The van der Waals surface area contributed by atoms with Gasteiger partial charge in [-0.2, -0.15) is 0 Å². The number of H-pyrrole nitrogens is 1. The van der Waals surface area contributed by atoms with Crippen LogP contribution in [0.5, 0.6) is 5.75 Å². The van der Waals surface area contributed by atoms with E-state index in [0.29, 0.717) is 18.7 Å². The summed E-state index contributed by atoms with van der Waals surface area (Å²) in [6, 6.07) is 5.53. The highest BCUT2D eigenvalue weighted by molar-refractivity contribution is 5.83. The molecule has 0 saturated carbocycles. The number of benzene rings is 1. The lowest BCUT2D eigenvalue weighted by atomic mass is 9.93. The van der Waals surface area contributed by atoms with Gasteiger partial charge in [-0.25, -0.2) is 14.6 Å². The van der Waals surface area contributed by atoms with Gasteiger partial charge in [-0.3, -0.25) is 0 Å². The van der Waals surface area contributed by atoms with E-state index in [2.05, 4.69) is 20.6 Å². The van der Waals surface area contributed by atoms with E-state index in [0.717, 1.165) is 11.3 Å². The van der Waals surface area contributed by atoms with Crippen LogP contribution in [0.4, 0.5) is 4.79 Å². The van der Waals surface area contributed by atoms with Crippen LogP contribution >= 0.6 is 0 Å². The Labute approximate surface area is 145 Å². The Hall–Kier alpha value is -3.03. The molecule has 0 bridgehead atoms. The molecule has 0 spiro atoms. The normalized spacial score (nSPS) is 12.9. The number of rotatable bonds is 8. The van der Waals surface area contributed by atoms with Crippen molar-refractivity contribution in [3.8, 4) is 5.75 Å². The van der Waals surface area contributed by atoms with Gasteiger partial charge in [-0.15, -0.1) is 0 Å². The molecule has 2 atom stereocenters. The molecule has 8 nitrogen and oxygen atoms in total. The molecule has 0 radical (unpaired) electrons. The topological polar surface area (TPSA) is 116 Å². The van der Waals surface area contributed by atoms with Gasteiger partial charge in [-0.1, -0.05) is 19.1 Å². The van der Waals surface area contributed by atoms with Gasteiger partial charge in [0.15, 0.2) is 0 Å². The number of hydrogen-bond acceptors (Lipinski definition) is 4. The Balaban J connectivity index is 1.91. The van der Waals surface area contributed by atoms with Crippen molar-refractivity contribution < 1.29 is 19.4 Å². The first-order valence-corrected chi connectivity index (χ1v) is 7.89. The molecule has 1 heterocycles. The predicted molar refractivity (Wildman–Crippen MR) is 91.7 cm³/mol. The zero-order valence-corrected chi connectivity index (χ0v) is 14.2. The number of imidazole rings is 1. The number of nitrogens with one attached hydrogen (secondary N) is 3. The maximum Gasteiger partial charge on any atom is 0.326 e. The number of carbonyl (C=O) groups excluding carboxylic acids is 1. The standard InChI is InChI=1S/C17H22N4O4/c1-11(12-3-5-14(25-2)6-4-12)15(16(22)23)21-17(24)19-8-7-13-9-18-10-20-13/h3-6,9-11,15H,7-8H2,1-2H3,(H,18,20)(H,22,23)(H2,19,21,24). The van der Waals surface area contributed by atoms with Crippen LogP contribution < -0.4 is 15.4 Å². The van der Waals surface area contributed by atoms with E-state index < -0.39 is 24.0 Å². The molecule has 134 valence electrons. The van der Waals surface area contributed by atoms with Crippen LogP contribution in [-0.4, -0.2) is 46.8 Å². The van der Waals surface area contributed by atoms with Crippen LogP contribution in [0.2, 0.25) is 0 Å². The number of ether oxygens (including phenoxy) is 1. The maximum absolute atomic E-state index is 12.0. The van der Waals surface area contributed by atoms with Crippen molar-refractivity contribution >= 4 is 12.0 Å². The van der Waals surface area contributed by atoms with E-state index in [1.54, 1.807) is 50.8 Å². The third-order valence-electron chi connectivity index (χ3n) is 3.93. The molecular weight excluding hydrogens is 324 g/mol. The minimum absolute atomic E-state index is 0.372. The molecule has 1 aromatic carbocycles. The van der Waals surface area contributed by atoms with Crippen molar-refractivity contribution in [2.45, 2.75) is 25.3 Å². The number of aromatic amines is 1. The number of aromatic nitrogens is 2. The molecule has 2 rings (SSSR count). The van der Waals surface area contributed by atoms with Crippen LogP contribution in [-0.2, 0) is 11.2 Å². The molecule has 8 heteroatoms. The number of urea groups is 1. The molecule has 4 N–H and O–H groups in total. The van der Waals surface area contributed by atoms with Crippen molar-refractivity contribution in [3.63, 3.8) is 0 Å². The first kappa shape index (κ1) is 18.3. The van der Waals surface area contributed by atoms with E-state index in [9.17, 15) is 14.7 Å². The lowest BCUT2D eigenvalue weighted by Gasteiger charge is -2.22. The second kappa shape index (κ2) is 8.72. The second-order valence-electron chi connectivity index (χ2n) is 5.60. The number of carboxylic acids is 1. The van der Waals surface area contributed by atoms with Gasteiger partial charge < -0.3 is 25.5 Å². The van der Waals surface area contributed by atoms with Crippen molar-refractivity contribution in [3.05, 3.63) is 48.0 Å². The Morgan fingerprint density at radius 3 is 2.60 bits per heavy atom. The number of hydrogen-bond donors (Lipinski definition) is 4. The average molecular weight is 346 g/mol. The molecule has 2 amide bonds. The lowest BCUT2D eigenvalue weighted by Crippen LogP contribution is -2.48. The van der Waals surface area contributed by atoms with E-state index in [4.69, 9.17) is 4.74 Å². The van der Waals surface area contributed by atoms with E-state index in [1.807, 2.05) is 0 Å². The monoisotopic (exact) mass is 346 g/mol. The Morgan fingerprint density at radius 2 is 2.04 bits per heavy atom. The summed E-state index contributed by atoms with van der Waals surface area (Å²) in [7, 11) is 1.56. The molecule has 1 aromatic heterocycles. The Bertz CT molecular complexity index is 685. The Morgan fingerprint density at radius 1 is 1.32 bits per heavy atom. The van der Waals surface area contributed by atoms with Crippen LogP contribution in [0.1, 0.15) is 24.1 Å². The highest BCUT2D eigenvalue weighted by Gasteiger charge is 2.27. The van der Waals surface area contributed by atoms with Gasteiger partial charge in [0.25, 0.3) is 0 Å². The smallest absolute Gasteiger partial charge is 0.326 e. The van der Waals surface area contributed by atoms with Gasteiger partial charge in [0.05, 0.1) is 13.4 Å². The number of amides is 2. The maximum atomic E-state index is 12.0. The lowest BCUT2D eigenvalue weighted by molar-refractivity contribution is -0.139. The Kier molecular flexibility index (Phi) is 6.39. The van der Waals surface area contributed by atoms with Crippen LogP contribution in [0, 0.1) is 0 Å².